The molecule has 1 aromatic rings. The quantitative estimate of drug-likeness (QED) is 0.899. The Labute approximate surface area is 104 Å². The number of carbonyl (C=O) groups is 1. The van der Waals surface area contributed by atoms with E-state index in [0.717, 1.165) is 0 Å². The Morgan fingerprint density at radius 3 is 2.89 bits per heavy atom. The Kier molecular flexibility index (Phi) is 3.26. The molecule has 18 heavy (non-hydrogen) atoms. The lowest BCUT2D eigenvalue weighted by atomic mass is 9.85. The van der Waals surface area contributed by atoms with Gasteiger partial charge in [-0.25, -0.2) is 4.39 Å². The van der Waals surface area contributed by atoms with Gasteiger partial charge >= 0.3 is 5.97 Å². The number of carboxylic acids is 1. The fourth-order valence-electron chi connectivity index (χ4n) is 1.83. The van der Waals surface area contributed by atoms with E-state index in [4.69, 9.17) is 14.6 Å². The maximum absolute atomic E-state index is 13.9. The molecule has 0 bridgehead atoms. The number of halogens is 1. The van der Waals surface area contributed by atoms with Crippen LogP contribution in [-0.4, -0.2) is 17.9 Å². The van der Waals surface area contributed by atoms with E-state index < -0.39 is 17.2 Å². The summed E-state index contributed by atoms with van der Waals surface area (Å²) in [7, 11) is 0. The highest BCUT2D eigenvalue weighted by Crippen LogP contribution is 2.31. The number of aliphatic carboxylic acids is 1. The zero-order chi connectivity index (χ0) is 13.3. The second-order valence-corrected chi connectivity index (χ2v) is 5.03. The molecular weight excluding hydrogens is 239 g/mol. The van der Waals surface area contributed by atoms with Crippen LogP contribution in [0.1, 0.15) is 25.0 Å². The van der Waals surface area contributed by atoms with Crippen LogP contribution < -0.4 is 4.74 Å². The van der Waals surface area contributed by atoms with Gasteiger partial charge in [-0.2, -0.15) is 0 Å². The van der Waals surface area contributed by atoms with Crippen LogP contribution in [0.2, 0.25) is 0 Å². The third-order valence-electron chi connectivity index (χ3n) is 3.00. The van der Waals surface area contributed by atoms with Crippen LogP contribution in [0.4, 0.5) is 4.39 Å². The average Bonchev–Trinajstić information content (AvgIpc) is 2.29. The summed E-state index contributed by atoms with van der Waals surface area (Å²) in [5, 5.41) is 9.06. The number of carboxylic acid groups (broad SMARTS) is 1. The Hall–Kier alpha value is -1.62. The van der Waals surface area contributed by atoms with E-state index in [9.17, 15) is 9.18 Å². The van der Waals surface area contributed by atoms with E-state index in [1.54, 1.807) is 19.9 Å². The molecule has 0 aliphatic carbocycles. The van der Waals surface area contributed by atoms with Crippen LogP contribution in [0.3, 0.4) is 0 Å². The summed E-state index contributed by atoms with van der Waals surface area (Å²) in [5.41, 5.74) is -0.0149. The summed E-state index contributed by atoms with van der Waals surface area (Å²) in [6.07, 6.45) is 0.117. The van der Waals surface area contributed by atoms with Gasteiger partial charge in [0, 0.05) is 5.56 Å². The van der Waals surface area contributed by atoms with Crippen LogP contribution in [0.5, 0.6) is 5.75 Å². The van der Waals surface area contributed by atoms with Crippen molar-refractivity contribution in [3.8, 4) is 5.75 Å². The van der Waals surface area contributed by atoms with Gasteiger partial charge in [-0.1, -0.05) is 0 Å². The Bertz CT molecular complexity index is 482. The molecule has 5 heteroatoms. The molecule has 0 unspecified atom stereocenters. The molecule has 0 fully saturated rings. The minimum atomic E-state index is -1.01. The van der Waals surface area contributed by atoms with Crippen molar-refractivity contribution in [2.75, 3.05) is 6.79 Å². The summed E-state index contributed by atoms with van der Waals surface area (Å²) in [6, 6.07) is 2.92. The van der Waals surface area contributed by atoms with Gasteiger partial charge in [0.2, 0.25) is 0 Å². The molecular formula is C13H15FO4. The molecule has 4 nitrogen and oxygen atoms in total. The molecule has 0 aromatic heterocycles. The van der Waals surface area contributed by atoms with Gasteiger partial charge in [0.25, 0.3) is 0 Å². The Morgan fingerprint density at radius 1 is 1.50 bits per heavy atom. The predicted octanol–water partition coefficient (Wildman–Crippen LogP) is 2.35. The molecule has 1 N–H and O–H groups in total. The Morgan fingerprint density at radius 2 is 2.22 bits per heavy atom. The second-order valence-electron chi connectivity index (χ2n) is 5.03. The fraction of sp³-hybridized carbons (Fsp3) is 0.462. The second kappa shape index (κ2) is 4.57. The van der Waals surface area contributed by atoms with Crippen molar-refractivity contribution in [3.63, 3.8) is 0 Å². The van der Waals surface area contributed by atoms with E-state index >= 15 is 0 Å². The fourth-order valence-corrected chi connectivity index (χ4v) is 1.83. The maximum Gasteiger partial charge on any atom is 0.309 e. The van der Waals surface area contributed by atoms with E-state index in [2.05, 4.69) is 0 Å². The van der Waals surface area contributed by atoms with Crippen LogP contribution in [0, 0.1) is 11.2 Å². The van der Waals surface area contributed by atoms with Crippen molar-refractivity contribution < 1.29 is 23.8 Å². The molecule has 0 spiro atoms. The molecule has 98 valence electrons. The Balaban J connectivity index is 2.31. The first-order valence-electron chi connectivity index (χ1n) is 5.65. The number of fused-ring (bicyclic) bond motifs is 1. The van der Waals surface area contributed by atoms with Crippen molar-refractivity contribution >= 4 is 5.97 Å². The van der Waals surface area contributed by atoms with Crippen molar-refractivity contribution in [2.45, 2.75) is 26.9 Å². The lowest BCUT2D eigenvalue weighted by molar-refractivity contribution is -0.146. The first-order chi connectivity index (χ1) is 8.40. The molecule has 0 radical (unpaired) electrons. The van der Waals surface area contributed by atoms with E-state index in [-0.39, 0.29) is 13.2 Å². The number of benzene rings is 1. The normalized spacial score (nSPS) is 14.8. The van der Waals surface area contributed by atoms with Gasteiger partial charge in [-0.3, -0.25) is 4.79 Å². The predicted molar refractivity (Wildman–Crippen MR) is 61.8 cm³/mol. The van der Waals surface area contributed by atoms with E-state index in [0.29, 0.717) is 23.5 Å². The van der Waals surface area contributed by atoms with Crippen molar-refractivity contribution in [3.05, 3.63) is 29.1 Å². The van der Waals surface area contributed by atoms with Crippen molar-refractivity contribution in [1.29, 1.82) is 0 Å². The highest BCUT2D eigenvalue weighted by molar-refractivity contribution is 5.74. The van der Waals surface area contributed by atoms with Crippen LogP contribution in [0.25, 0.3) is 0 Å². The molecule has 1 aliphatic heterocycles. The SMILES string of the molecule is CC(C)(Cc1cc2c(cc1F)COCO2)C(=O)O. The number of rotatable bonds is 3. The monoisotopic (exact) mass is 254 g/mol. The third-order valence-corrected chi connectivity index (χ3v) is 3.00. The molecule has 0 atom stereocenters. The van der Waals surface area contributed by atoms with Gasteiger partial charge in [0.1, 0.15) is 11.6 Å². The van der Waals surface area contributed by atoms with Gasteiger partial charge < -0.3 is 14.6 Å². The maximum atomic E-state index is 13.9. The topological polar surface area (TPSA) is 55.8 Å². The molecule has 0 saturated heterocycles. The zero-order valence-corrected chi connectivity index (χ0v) is 10.3. The molecule has 0 amide bonds. The highest BCUT2D eigenvalue weighted by atomic mass is 19.1. The van der Waals surface area contributed by atoms with E-state index in [1.165, 1.54) is 6.07 Å². The number of ether oxygens (including phenoxy) is 2. The molecule has 1 aromatic carbocycles. The van der Waals surface area contributed by atoms with Crippen LogP contribution in [-0.2, 0) is 22.6 Å². The number of hydrogen-bond acceptors (Lipinski definition) is 3. The summed E-state index contributed by atoms with van der Waals surface area (Å²) in [4.78, 5) is 11.1. The first kappa shape index (κ1) is 12.8. The minimum Gasteiger partial charge on any atom is -0.481 e. The third kappa shape index (κ3) is 2.46. The summed E-state index contributed by atoms with van der Waals surface area (Å²) in [5.74, 6) is -0.806. The van der Waals surface area contributed by atoms with Gasteiger partial charge in [-0.05, 0) is 38.0 Å². The first-order valence-corrected chi connectivity index (χ1v) is 5.65. The smallest absolute Gasteiger partial charge is 0.309 e. The zero-order valence-electron chi connectivity index (χ0n) is 10.3. The van der Waals surface area contributed by atoms with Gasteiger partial charge in [0.05, 0.1) is 12.0 Å². The summed E-state index contributed by atoms with van der Waals surface area (Å²) in [6.45, 7) is 3.59. The lowest BCUT2D eigenvalue weighted by Crippen LogP contribution is -2.26. The van der Waals surface area contributed by atoms with Crippen LogP contribution >= 0.6 is 0 Å². The highest BCUT2D eigenvalue weighted by Gasteiger charge is 2.29. The van der Waals surface area contributed by atoms with Crippen molar-refractivity contribution in [2.24, 2.45) is 5.41 Å². The van der Waals surface area contributed by atoms with Crippen LogP contribution in [0.15, 0.2) is 12.1 Å². The lowest BCUT2D eigenvalue weighted by Gasteiger charge is -2.22. The standard InChI is InChI=1S/C13H15FO4/c1-13(2,12(15)16)5-8-4-11-9(3-10(8)14)6-17-7-18-11/h3-4H,5-7H2,1-2H3,(H,15,16). The van der Waals surface area contributed by atoms with Gasteiger partial charge in [-0.15, -0.1) is 0 Å². The van der Waals surface area contributed by atoms with E-state index in [1.807, 2.05) is 0 Å². The largest absolute Gasteiger partial charge is 0.481 e. The van der Waals surface area contributed by atoms with Gasteiger partial charge in [0.15, 0.2) is 6.79 Å². The summed E-state index contributed by atoms with van der Waals surface area (Å²) < 4.78 is 24.2. The summed E-state index contributed by atoms with van der Waals surface area (Å²) >= 11 is 0. The molecule has 0 saturated carbocycles. The minimum absolute atomic E-state index is 0.117. The van der Waals surface area contributed by atoms with Crippen molar-refractivity contribution in [1.82, 2.24) is 0 Å². The average molecular weight is 254 g/mol. The molecule has 1 aliphatic rings. The number of hydrogen-bond donors (Lipinski definition) is 1. The molecule has 1 heterocycles. The molecule has 2 rings (SSSR count).